The predicted molar refractivity (Wildman–Crippen MR) is 128 cm³/mol. The van der Waals surface area contributed by atoms with Crippen LogP contribution in [0.1, 0.15) is 19.5 Å². The quantitative estimate of drug-likeness (QED) is 0.411. The van der Waals surface area contributed by atoms with E-state index in [-0.39, 0.29) is 12.2 Å². The number of fused-ring (bicyclic) bond motifs is 3. The van der Waals surface area contributed by atoms with Gasteiger partial charge in [0, 0.05) is 23.3 Å². The van der Waals surface area contributed by atoms with E-state index in [1.165, 1.54) is 4.57 Å². The van der Waals surface area contributed by atoms with Crippen molar-refractivity contribution in [3.8, 4) is 29.0 Å². The molecule has 0 spiro atoms. The second-order valence-electron chi connectivity index (χ2n) is 8.47. The number of nitriles is 2. The molecule has 4 aromatic heterocycles. The van der Waals surface area contributed by atoms with Crippen LogP contribution in [0.5, 0.6) is 0 Å². The lowest BCUT2D eigenvalue weighted by Gasteiger charge is -2.15. The SMILES string of the molecule is CC(C)(C#N)c1ccc(-n2c(=O)n(CC#N)c3cnc4ccc(-c5cccnc5)cc4c32)cn1. The number of hydrogen-bond donors (Lipinski definition) is 0. The highest BCUT2D eigenvalue weighted by atomic mass is 16.1. The number of nitrogens with zero attached hydrogens (tertiary/aromatic N) is 7. The monoisotopic (exact) mass is 445 g/mol. The van der Waals surface area contributed by atoms with Gasteiger partial charge in [0.25, 0.3) is 0 Å². The van der Waals surface area contributed by atoms with E-state index in [9.17, 15) is 15.3 Å². The number of pyridine rings is 3. The molecule has 34 heavy (non-hydrogen) atoms. The molecule has 1 aromatic carbocycles. The van der Waals surface area contributed by atoms with Crippen LogP contribution in [-0.4, -0.2) is 24.1 Å². The Morgan fingerprint density at radius 3 is 2.53 bits per heavy atom. The van der Waals surface area contributed by atoms with Gasteiger partial charge in [0.15, 0.2) is 0 Å². The molecule has 5 aromatic rings. The molecule has 0 unspecified atom stereocenters. The Morgan fingerprint density at radius 2 is 1.85 bits per heavy atom. The molecule has 0 aliphatic carbocycles. The van der Waals surface area contributed by atoms with Gasteiger partial charge in [-0.05, 0) is 49.7 Å². The Labute approximate surface area is 195 Å². The fourth-order valence-electron chi connectivity index (χ4n) is 4.04. The first-order valence-electron chi connectivity index (χ1n) is 10.6. The van der Waals surface area contributed by atoms with Crippen LogP contribution < -0.4 is 5.69 Å². The van der Waals surface area contributed by atoms with E-state index in [0.29, 0.717) is 22.4 Å². The van der Waals surface area contributed by atoms with Crippen molar-refractivity contribution >= 4 is 21.9 Å². The van der Waals surface area contributed by atoms with E-state index < -0.39 is 5.41 Å². The molecule has 164 valence electrons. The molecule has 8 heteroatoms. The fraction of sp³-hybridized carbons (Fsp3) is 0.154. The van der Waals surface area contributed by atoms with Crippen LogP contribution in [0.15, 0.2) is 72.0 Å². The molecule has 0 atom stereocenters. The second kappa shape index (κ2) is 7.95. The summed E-state index contributed by atoms with van der Waals surface area (Å²) in [7, 11) is 0. The Balaban J connectivity index is 1.82. The van der Waals surface area contributed by atoms with Crippen LogP contribution in [0.25, 0.3) is 38.8 Å². The minimum absolute atomic E-state index is 0.106. The first kappa shape index (κ1) is 21.0. The van der Waals surface area contributed by atoms with Crippen molar-refractivity contribution in [1.29, 1.82) is 10.5 Å². The lowest BCUT2D eigenvalue weighted by molar-refractivity contribution is 0.658. The largest absolute Gasteiger partial charge is 0.334 e. The van der Waals surface area contributed by atoms with E-state index in [2.05, 4.69) is 27.1 Å². The van der Waals surface area contributed by atoms with Gasteiger partial charge in [0.2, 0.25) is 0 Å². The predicted octanol–water partition coefficient (Wildman–Crippen LogP) is 4.12. The van der Waals surface area contributed by atoms with Crippen molar-refractivity contribution in [2.75, 3.05) is 0 Å². The van der Waals surface area contributed by atoms with Gasteiger partial charge in [-0.2, -0.15) is 10.5 Å². The highest BCUT2D eigenvalue weighted by Gasteiger charge is 2.23. The zero-order valence-electron chi connectivity index (χ0n) is 18.6. The van der Waals surface area contributed by atoms with Crippen molar-refractivity contribution in [3.63, 3.8) is 0 Å². The molecule has 0 N–H and O–H groups in total. The van der Waals surface area contributed by atoms with Crippen molar-refractivity contribution in [2.45, 2.75) is 25.8 Å². The topological polar surface area (TPSA) is 113 Å². The second-order valence-corrected chi connectivity index (χ2v) is 8.47. The van der Waals surface area contributed by atoms with Crippen molar-refractivity contribution in [2.24, 2.45) is 0 Å². The molecule has 0 amide bonds. The van der Waals surface area contributed by atoms with Gasteiger partial charge in [-0.3, -0.25) is 24.1 Å². The summed E-state index contributed by atoms with van der Waals surface area (Å²) in [5.41, 5.74) is 3.84. The molecule has 8 nitrogen and oxygen atoms in total. The van der Waals surface area contributed by atoms with Crippen LogP contribution in [0.4, 0.5) is 0 Å². The lowest BCUT2D eigenvalue weighted by atomic mass is 9.91. The average Bonchev–Trinajstić information content (AvgIpc) is 3.16. The Bertz CT molecular complexity index is 1680. The molecular weight excluding hydrogens is 426 g/mol. The first-order chi connectivity index (χ1) is 16.4. The molecule has 0 bridgehead atoms. The minimum atomic E-state index is -0.756. The van der Waals surface area contributed by atoms with E-state index in [1.807, 2.05) is 30.3 Å². The number of imidazole rings is 1. The van der Waals surface area contributed by atoms with Gasteiger partial charge in [-0.1, -0.05) is 12.1 Å². The lowest BCUT2D eigenvalue weighted by Crippen LogP contribution is -2.23. The average molecular weight is 445 g/mol. The number of hydrogen-bond acceptors (Lipinski definition) is 6. The molecule has 0 saturated carbocycles. The molecule has 0 saturated heterocycles. The van der Waals surface area contributed by atoms with E-state index in [4.69, 9.17) is 0 Å². The molecule has 0 aliphatic heterocycles. The highest BCUT2D eigenvalue weighted by Crippen LogP contribution is 2.30. The third-order valence-corrected chi connectivity index (χ3v) is 5.91. The summed E-state index contributed by atoms with van der Waals surface area (Å²) in [6.45, 7) is 3.48. The summed E-state index contributed by atoms with van der Waals surface area (Å²) >= 11 is 0. The maximum absolute atomic E-state index is 13.5. The van der Waals surface area contributed by atoms with Gasteiger partial charge in [-0.15, -0.1) is 0 Å². The molecule has 5 rings (SSSR count). The Morgan fingerprint density at radius 1 is 1.00 bits per heavy atom. The smallest absolute Gasteiger partial charge is 0.276 e. The number of benzene rings is 1. The zero-order chi connectivity index (χ0) is 23.9. The van der Waals surface area contributed by atoms with Crippen LogP contribution >= 0.6 is 0 Å². The normalized spacial score (nSPS) is 11.4. The van der Waals surface area contributed by atoms with Gasteiger partial charge in [-0.25, -0.2) is 4.79 Å². The van der Waals surface area contributed by atoms with E-state index in [1.54, 1.807) is 55.3 Å². The summed E-state index contributed by atoms with van der Waals surface area (Å²) in [5, 5.41) is 19.6. The fourth-order valence-corrected chi connectivity index (χ4v) is 4.04. The molecule has 0 fully saturated rings. The number of rotatable bonds is 4. The molecule has 0 radical (unpaired) electrons. The summed E-state index contributed by atoms with van der Waals surface area (Å²) in [4.78, 5) is 26.7. The van der Waals surface area contributed by atoms with Crippen LogP contribution in [-0.2, 0) is 12.0 Å². The van der Waals surface area contributed by atoms with Crippen LogP contribution in [0.2, 0.25) is 0 Å². The third-order valence-electron chi connectivity index (χ3n) is 5.91. The van der Waals surface area contributed by atoms with Crippen molar-refractivity contribution in [3.05, 3.63) is 83.4 Å². The maximum Gasteiger partial charge on any atom is 0.334 e. The molecular formula is C26H19N7O. The van der Waals surface area contributed by atoms with Crippen molar-refractivity contribution in [1.82, 2.24) is 24.1 Å². The first-order valence-corrected chi connectivity index (χ1v) is 10.6. The van der Waals surface area contributed by atoms with Crippen molar-refractivity contribution < 1.29 is 0 Å². The van der Waals surface area contributed by atoms with Gasteiger partial charge >= 0.3 is 5.69 Å². The standard InChI is InChI=1S/C26H19N7O/c1-26(2,16-28)23-8-6-19(14-31-23)33-24-20-12-17(18-4-3-10-29-13-18)5-7-21(20)30-15-22(24)32(11-9-27)25(33)34/h3-8,10,12-15H,11H2,1-2H3. The zero-order valence-corrected chi connectivity index (χ0v) is 18.6. The summed E-state index contributed by atoms with van der Waals surface area (Å²) in [5.74, 6) is 0. The molecule has 0 aliphatic rings. The van der Waals surface area contributed by atoms with Gasteiger partial charge in [0.1, 0.15) is 6.54 Å². The van der Waals surface area contributed by atoms with Gasteiger partial charge < -0.3 is 0 Å². The number of aromatic nitrogens is 5. The summed E-state index contributed by atoms with van der Waals surface area (Å²) in [6, 6.07) is 17.5. The maximum atomic E-state index is 13.5. The summed E-state index contributed by atoms with van der Waals surface area (Å²) < 4.78 is 2.96. The Kier molecular flexibility index (Phi) is 4.92. The van der Waals surface area contributed by atoms with Crippen LogP contribution in [0.3, 0.4) is 0 Å². The van der Waals surface area contributed by atoms with E-state index >= 15 is 0 Å². The Hall–Kier alpha value is -4.82. The minimum Gasteiger partial charge on any atom is -0.276 e. The summed E-state index contributed by atoms with van der Waals surface area (Å²) in [6.07, 6.45) is 6.71. The highest BCUT2D eigenvalue weighted by molar-refractivity contribution is 6.04. The van der Waals surface area contributed by atoms with E-state index in [0.717, 1.165) is 22.0 Å². The third kappa shape index (κ3) is 3.30. The molecule has 4 heterocycles. The van der Waals surface area contributed by atoms with Crippen LogP contribution in [0, 0.1) is 22.7 Å². The van der Waals surface area contributed by atoms with Gasteiger partial charge in [0.05, 0.1) is 57.9 Å².